The Labute approximate surface area is 114 Å². The third-order valence-electron chi connectivity index (χ3n) is 4.11. The van der Waals surface area contributed by atoms with Crippen LogP contribution in [-0.2, 0) is 11.8 Å². The molecule has 2 N–H and O–H groups in total. The van der Waals surface area contributed by atoms with E-state index in [1.807, 2.05) is 27.1 Å². The molecule has 0 atom stereocenters. The van der Waals surface area contributed by atoms with Gasteiger partial charge in [0.15, 0.2) is 0 Å². The molecule has 106 valence electrons. The number of hydrogen-bond donors (Lipinski definition) is 2. The van der Waals surface area contributed by atoms with Gasteiger partial charge in [0, 0.05) is 25.1 Å². The number of rotatable bonds is 4. The van der Waals surface area contributed by atoms with E-state index in [9.17, 15) is 4.79 Å². The predicted molar refractivity (Wildman–Crippen MR) is 76.1 cm³/mol. The second-order valence-corrected chi connectivity index (χ2v) is 5.61. The quantitative estimate of drug-likeness (QED) is 0.874. The van der Waals surface area contributed by atoms with Crippen molar-refractivity contribution in [2.24, 2.45) is 7.05 Å². The van der Waals surface area contributed by atoms with Crippen LogP contribution in [0.25, 0.3) is 0 Å². The molecule has 2 rings (SSSR count). The summed E-state index contributed by atoms with van der Waals surface area (Å²) in [6, 6.07) is 1.89. The molecule has 1 aromatic rings. The van der Waals surface area contributed by atoms with Crippen LogP contribution in [0.2, 0.25) is 0 Å². The van der Waals surface area contributed by atoms with Crippen molar-refractivity contribution >= 4 is 11.7 Å². The van der Waals surface area contributed by atoms with E-state index in [1.165, 1.54) is 19.3 Å². The van der Waals surface area contributed by atoms with E-state index in [0.29, 0.717) is 6.42 Å². The maximum absolute atomic E-state index is 12.2. The summed E-state index contributed by atoms with van der Waals surface area (Å²) in [5.74, 6) is 0.837. The third-order valence-corrected chi connectivity index (χ3v) is 4.11. The van der Waals surface area contributed by atoms with Crippen molar-refractivity contribution in [1.82, 2.24) is 15.1 Å². The molecular weight excluding hydrogens is 240 g/mol. The highest BCUT2D eigenvalue weighted by Gasteiger charge is 2.32. The van der Waals surface area contributed by atoms with E-state index in [0.717, 1.165) is 24.4 Å². The van der Waals surface area contributed by atoms with Crippen molar-refractivity contribution in [2.45, 2.75) is 51.0 Å². The van der Waals surface area contributed by atoms with Crippen molar-refractivity contribution in [2.75, 3.05) is 12.4 Å². The van der Waals surface area contributed by atoms with Crippen LogP contribution in [0.15, 0.2) is 6.07 Å². The lowest BCUT2D eigenvalue weighted by molar-refractivity contribution is -0.118. The molecule has 0 bridgehead atoms. The van der Waals surface area contributed by atoms with Gasteiger partial charge in [-0.25, -0.2) is 0 Å². The molecule has 1 amide bonds. The monoisotopic (exact) mass is 264 g/mol. The summed E-state index contributed by atoms with van der Waals surface area (Å²) >= 11 is 0. The van der Waals surface area contributed by atoms with Crippen LogP contribution >= 0.6 is 0 Å². The number of amides is 1. The molecule has 5 nitrogen and oxygen atoms in total. The van der Waals surface area contributed by atoms with Gasteiger partial charge >= 0.3 is 0 Å². The highest BCUT2D eigenvalue weighted by molar-refractivity contribution is 5.90. The normalized spacial score (nSPS) is 18.3. The molecule has 1 saturated carbocycles. The Bertz CT molecular complexity index is 446. The lowest BCUT2D eigenvalue weighted by Gasteiger charge is -2.36. The minimum atomic E-state index is -0.0179. The zero-order valence-corrected chi connectivity index (χ0v) is 12.1. The Morgan fingerprint density at radius 3 is 2.63 bits per heavy atom. The summed E-state index contributed by atoms with van der Waals surface area (Å²) in [6.07, 6.45) is 6.40. The molecule has 0 unspecified atom stereocenters. The molecule has 0 aliphatic heterocycles. The lowest BCUT2D eigenvalue weighted by Crippen LogP contribution is -2.47. The highest BCUT2D eigenvalue weighted by atomic mass is 16.1. The van der Waals surface area contributed by atoms with Crippen LogP contribution in [0.5, 0.6) is 0 Å². The maximum Gasteiger partial charge on any atom is 0.227 e. The molecule has 5 heteroatoms. The number of nitrogens with one attached hydrogen (secondary N) is 2. The Balaban J connectivity index is 1.98. The lowest BCUT2D eigenvalue weighted by atomic mass is 9.79. The van der Waals surface area contributed by atoms with Gasteiger partial charge in [-0.05, 0) is 26.8 Å². The minimum absolute atomic E-state index is 0.0179. The van der Waals surface area contributed by atoms with Crippen molar-refractivity contribution in [3.05, 3.63) is 11.8 Å². The van der Waals surface area contributed by atoms with Gasteiger partial charge in [-0.3, -0.25) is 9.48 Å². The maximum atomic E-state index is 12.2. The summed E-state index contributed by atoms with van der Waals surface area (Å²) in [7, 11) is 3.81. The van der Waals surface area contributed by atoms with Gasteiger partial charge < -0.3 is 10.6 Å². The van der Waals surface area contributed by atoms with Crippen LogP contribution < -0.4 is 10.6 Å². The molecule has 1 fully saturated rings. The summed E-state index contributed by atoms with van der Waals surface area (Å²) in [4.78, 5) is 12.2. The van der Waals surface area contributed by atoms with E-state index in [1.54, 1.807) is 4.68 Å². The molecule has 0 aromatic carbocycles. The number of carbonyl (C=O) groups is 1. The smallest absolute Gasteiger partial charge is 0.227 e. The topological polar surface area (TPSA) is 59.0 Å². The first kappa shape index (κ1) is 14.1. The predicted octanol–water partition coefficient (Wildman–Crippen LogP) is 1.98. The third kappa shape index (κ3) is 3.35. The first-order valence-electron chi connectivity index (χ1n) is 7.04. The van der Waals surface area contributed by atoms with E-state index in [4.69, 9.17) is 0 Å². The number of aromatic nitrogens is 2. The highest BCUT2D eigenvalue weighted by Crippen LogP contribution is 2.31. The van der Waals surface area contributed by atoms with Gasteiger partial charge in [-0.2, -0.15) is 5.10 Å². The van der Waals surface area contributed by atoms with Crippen LogP contribution in [0.4, 0.5) is 5.82 Å². The molecule has 1 heterocycles. The van der Waals surface area contributed by atoms with Crippen molar-refractivity contribution in [3.8, 4) is 0 Å². The molecule has 1 aliphatic rings. The SMILES string of the molecule is CNC1(CC(=O)Nc2cc(C)nn2C)CCCCC1. The summed E-state index contributed by atoms with van der Waals surface area (Å²) in [5.41, 5.74) is 0.898. The first-order chi connectivity index (χ1) is 9.04. The average molecular weight is 264 g/mol. The second kappa shape index (κ2) is 5.74. The van der Waals surface area contributed by atoms with Crippen molar-refractivity contribution in [1.29, 1.82) is 0 Å². The summed E-state index contributed by atoms with van der Waals surface area (Å²) in [5, 5.41) is 10.6. The number of carbonyl (C=O) groups excluding carboxylic acids is 1. The Morgan fingerprint density at radius 1 is 1.42 bits per heavy atom. The van der Waals surface area contributed by atoms with Gasteiger partial charge in [0.05, 0.1) is 5.69 Å². The van der Waals surface area contributed by atoms with Gasteiger partial charge in [-0.1, -0.05) is 19.3 Å². The van der Waals surface area contributed by atoms with E-state index in [-0.39, 0.29) is 11.4 Å². The average Bonchev–Trinajstić information content (AvgIpc) is 2.68. The fraction of sp³-hybridized carbons (Fsp3) is 0.714. The molecule has 0 saturated heterocycles. The van der Waals surface area contributed by atoms with E-state index < -0.39 is 0 Å². The zero-order chi connectivity index (χ0) is 13.9. The van der Waals surface area contributed by atoms with Gasteiger partial charge in [0.1, 0.15) is 5.82 Å². The molecule has 1 aliphatic carbocycles. The fourth-order valence-corrected chi connectivity index (χ4v) is 2.97. The van der Waals surface area contributed by atoms with Gasteiger partial charge in [0.25, 0.3) is 0 Å². The van der Waals surface area contributed by atoms with Crippen LogP contribution in [0, 0.1) is 6.92 Å². The van der Waals surface area contributed by atoms with Crippen molar-refractivity contribution < 1.29 is 4.79 Å². The Kier molecular flexibility index (Phi) is 4.24. The van der Waals surface area contributed by atoms with Crippen LogP contribution in [0.1, 0.15) is 44.2 Å². The molecular formula is C14H24N4O. The summed E-state index contributed by atoms with van der Waals surface area (Å²) in [6.45, 7) is 1.92. The zero-order valence-electron chi connectivity index (χ0n) is 12.1. The minimum Gasteiger partial charge on any atom is -0.314 e. The number of aryl methyl sites for hydroxylation is 2. The Morgan fingerprint density at radius 2 is 2.11 bits per heavy atom. The van der Waals surface area contributed by atoms with Crippen LogP contribution in [0.3, 0.4) is 0 Å². The van der Waals surface area contributed by atoms with Gasteiger partial charge in [0.2, 0.25) is 5.91 Å². The number of anilines is 1. The van der Waals surface area contributed by atoms with Gasteiger partial charge in [-0.15, -0.1) is 0 Å². The number of hydrogen-bond acceptors (Lipinski definition) is 3. The first-order valence-corrected chi connectivity index (χ1v) is 7.04. The van der Waals surface area contributed by atoms with E-state index >= 15 is 0 Å². The Hall–Kier alpha value is -1.36. The largest absolute Gasteiger partial charge is 0.314 e. The molecule has 1 aromatic heterocycles. The number of nitrogens with zero attached hydrogens (tertiary/aromatic N) is 2. The fourth-order valence-electron chi connectivity index (χ4n) is 2.97. The molecule has 0 spiro atoms. The second-order valence-electron chi connectivity index (χ2n) is 5.61. The van der Waals surface area contributed by atoms with Crippen molar-refractivity contribution in [3.63, 3.8) is 0 Å². The molecule has 0 radical (unpaired) electrons. The molecule has 19 heavy (non-hydrogen) atoms. The standard InChI is InChI=1S/C14H24N4O/c1-11-9-12(18(3)17-11)16-13(19)10-14(15-2)7-5-4-6-8-14/h9,15H,4-8,10H2,1-3H3,(H,16,19). The van der Waals surface area contributed by atoms with E-state index in [2.05, 4.69) is 15.7 Å². The van der Waals surface area contributed by atoms with Crippen LogP contribution in [-0.4, -0.2) is 28.3 Å². The summed E-state index contributed by atoms with van der Waals surface area (Å²) < 4.78 is 1.71.